The fourth-order valence-corrected chi connectivity index (χ4v) is 3.42. The van der Waals surface area contributed by atoms with Gasteiger partial charge in [0, 0.05) is 32.0 Å². The van der Waals surface area contributed by atoms with Crippen molar-refractivity contribution in [1.82, 2.24) is 15.3 Å². The molecule has 1 fully saturated rings. The van der Waals surface area contributed by atoms with Gasteiger partial charge in [0.05, 0.1) is 36.7 Å². The average Bonchev–Trinajstić information content (AvgIpc) is 3.08. The van der Waals surface area contributed by atoms with E-state index in [2.05, 4.69) is 20.2 Å². The van der Waals surface area contributed by atoms with Crippen molar-refractivity contribution in [3.63, 3.8) is 0 Å². The lowest BCUT2D eigenvalue weighted by Crippen LogP contribution is -2.39. The van der Waals surface area contributed by atoms with Crippen molar-refractivity contribution in [2.24, 2.45) is 0 Å². The Morgan fingerprint density at radius 3 is 2.78 bits per heavy atom. The van der Waals surface area contributed by atoms with Crippen LogP contribution < -0.4 is 19.7 Å². The number of methoxy groups -OCH3 is 1. The van der Waals surface area contributed by atoms with Crippen LogP contribution in [0.3, 0.4) is 0 Å². The number of carbonyl (C=O) groups excluding carboxylic acids is 2. The molecule has 1 amide bonds. The number of aromatic nitrogens is 2. The largest absolute Gasteiger partial charge is 0.489 e. The van der Waals surface area contributed by atoms with Gasteiger partial charge in [-0.25, -0.2) is 9.97 Å². The monoisotopic (exact) mass is 368 g/mol. The summed E-state index contributed by atoms with van der Waals surface area (Å²) in [5, 5.41) is 2.74. The third kappa shape index (κ3) is 3.42. The number of hydrogen-bond donors (Lipinski definition) is 1. The topological polar surface area (TPSA) is 93.7 Å². The van der Waals surface area contributed by atoms with Gasteiger partial charge in [0.15, 0.2) is 6.29 Å². The summed E-state index contributed by atoms with van der Waals surface area (Å²) in [6, 6.07) is 5.25. The number of fused-ring (bicyclic) bond motifs is 1. The molecule has 1 saturated heterocycles. The van der Waals surface area contributed by atoms with Gasteiger partial charge in [-0.3, -0.25) is 9.59 Å². The maximum absolute atomic E-state index is 11.8. The second-order valence-electron chi connectivity index (χ2n) is 6.54. The number of nitrogens with zero attached hydrogens (tertiary/aromatic N) is 3. The molecule has 4 rings (SSSR count). The van der Waals surface area contributed by atoms with E-state index >= 15 is 0 Å². The van der Waals surface area contributed by atoms with Gasteiger partial charge >= 0.3 is 0 Å². The molecule has 2 aliphatic heterocycles. The van der Waals surface area contributed by atoms with Crippen LogP contribution in [-0.2, 0) is 6.54 Å². The number of ether oxygens (including phenoxy) is 2. The van der Waals surface area contributed by atoms with Crippen molar-refractivity contribution in [2.75, 3.05) is 25.1 Å². The Labute approximate surface area is 156 Å². The Morgan fingerprint density at radius 1 is 1.30 bits per heavy atom. The maximum Gasteiger partial charge on any atom is 0.253 e. The van der Waals surface area contributed by atoms with Gasteiger partial charge in [-0.2, -0.15) is 0 Å². The number of pyridine rings is 2. The summed E-state index contributed by atoms with van der Waals surface area (Å²) in [7, 11) is 1.57. The highest BCUT2D eigenvalue weighted by atomic mass is 16.5. The van der Waals surface area contributed by atoms with E-state index in [0.717, 1.165) is 32.2 Å². The van der Waals surface area contributed by atoms with Gasteiger partial charge in [-0.1, -0.05) is 0 Å². The van der Waals surface area contributed by atoms with E-state index < -0.39 is 0 Å². The highest BCUT2D eigenvalue weighted by Gasteiger charge is 2.27. The molecule has 4 heterocycles. The van der Waals surface area contributed by atoms with Crippen molar-refractivity contribution >= 4 is 18.0 Å². The fraction of sp³-hybridized carbons (Fsp3) is 0.368. The number of aldehydes is 1. The van der Waals surface area contributed by atoms with Crippen molar-refractivity contribution in [3.05, 3.63) is 41.2 Å². The molecule has 2 aromatic heterocycles. The molecule has 1 N–H and O–H groups in total. The third-order valence-corrected chi connectivity index (χ3v) is 4.86. The number of amides is 1. The summed E-state index contributed by atoms with van der Waals surface area (Å²) < 4.78 is 11.0. The second-order valence-corrected chi connectivity index (χ2v) is 6.54. The number of anilines is 1. The van der Waals surface area contributed by atoms with E-state index in [0.29, 0.717) is 40.8 Å². The average molecular weight is 368 g/mol. The minimum atomic E-state index is -0.174. The predicted octanol–water partition coefficient (Wildman–Crippen LogP) is 1.59. The van der Waals surface area contributed by atoms with Crippen LogP contribution in [0, 0.1) is 0 Å². The molecule has 8 nitrogen and oxygen atoms in total. The highest BCUT2D eigenvalue weighted by Crippen LogP contribution is 2.27. The Bertz CT molecular complexity index is 861. The van der Waals surface area contributed by atoms with Gasteiger partial charge in [0.25, 0.3) is 5.91 Å². The Hall–Kier alpha value is -3.16. The Kier molecular flexibility index (Phi) is 4.62. The van der Waals surface area contributed by atoms with Crippen LogP contribution in [0.5, 0.6) is 11.6 Å². The Balaban J connectivity index is 1.43. The first kappa shape index (κ1) is 17.3. The highest BCUT2D eigenvalue weighted by molar-refractivity contribution is 6.00. The first-order chi connectivity index (χ1) is 13.2. The molecular weight excluding hydrogens is 348 g/mol. The third-order valence-electron chi connectivity index (χ3n) is 4.86. The van der Waals surface area contributed by atoms with Gasteiger partial charge in [-0.05, 0) is 12.1 Å². The summed E-state index contributed by atoms with van der Waals surface area (Å²) in [5.41, 5.74) is 1.64. The van der Waals surface area contributed by atoms with Crippen molar-refractivity contribution in [2.45, 2.75) is 25.5 Å². The van der Waals surface area contributed by atoms with Crippen LogP contribution in [0.25, 0.3) is 0 Å². The molecule has 0 aromatic carbocycles. The van der Waals surface area contributed by atoms with E-state index in [4.69, 9.17) is 9.47 Å². The molecule has 0 bridgehead atoms. The van der Waals surface area contributed by atoms with Crippen LogP contribution in [0.2, 0.25) is 0 Å². The molecule has 0 aliphatic carbocycles. The summed E-state index contributed by atoms with van der Waals surface area (Å²) in [6.45, 7) is 1.86. The van der Waals surface area contributed by atoms with E-state index in [1.807, 2.05) is 6.07 Å². The van der Waals surface area contributed by atoms with Crippen LogP contribution in [0.15, 0.2) is 24.4 Å². The van der Waals surface area contributed by atoms with E-state index in [1.54, 1.807) is 25.4 Å². The number of hydrogen-bond acceptors (Lipinski definition) is 7. The van der Waals surface area contributed by atoms with Gasteiger partial charge < -0.3 is 19.7 Å². The normalized spacial score (nSPS) is 16.6. The van der Waals surface area contributed by atoms with Gasteiger partial charge in [0.2, 0.25) is 5.88 Å². The summed E-state index contributed by atoms with van der Waals surface area (Å²) in [5.74, 6) is 1.73. The summed E-state index contributed by atoms with van der Waals surface area (Å²) >= 11 is 0. The predicted molar refractivity (Wildman–Crippen MR) is 97.4 cm³/mol. The molecule has 27 heavy (non-hydrogen) atoms. The van der Waals surface area contributed by atoms with Gasteiger partial charge in [-0.15, -0.1) is 0 Å². The lowest BCUT2D eigenvalue weighted by Gasteiger charge is -2.33. The molecule has 0 spiro atoms. The van der Waals surface area contributed by atoms with E-state index in [1.165, 1.54) is 0 Å². The Morgan fingerprint density at radius 2 is 2.11 bits per heavy atom. The van der Waals surface area contributed by atoms with Crippen LogP contribution in [-0.4, -0.2) is 48.5 Å². The van der Waals surface area contributed by atoms with E-state index in [-0.39, 0.29) is 12.0 Å². The van der Waals surface area contributed by atoms with Crippen molar-refractivity contribution in [1.29, 1.82) is 0 Å². The molecule has 0 unspecified atom stereocenters. The smallest absolute Gasteiger partial charge is 0.253 e. The van der Waals surface area contributed by atoms with E-state index in [9.17, 15) is 9.59 Å². The molecule has 0 saturated carbocycles. The lowest BCUT2D eigenvalue weighted by atomic mass is 10.1. The SMILES string of the molecule is COc1ccc(OC2CCN(c3nc4c(cc3C=O)C(=O)NC4)CC2)cn1. The lowest BCUT2D eigenvalue weighted by molar-refractivity contribution is 0.0965. The maximum atomic E-state index is 11.8. The number of piperidine rings is 1. The summed E-state index contributed by atoms with van der Waals surface area (Å²) in [6.07, 6.45) is 4.11. The standard InChI is InChI=1S/C19H20N4O4/c1-26-17-3-2-14(9-20-17)27-13-4-6-23(7-5-13)18-12(11-24)8-15-16(22-18)10-21-19(15)25/h2-3,8-9,11,13H,4-7,10H2,1H3,(H,21,25). The minimum Gasteiger partial charge on any atom is -0.489 e. The number of rotatable bonds is 5. The van der Waals surface area contributed by atoms with Crippen molar-refractivity contribution in [3.8, 4) is 11.6 Å². The van der Waals surface area contributed by atoms with Crippen LogP contribution in [0.1, 0.15) is 39.3 Å². The zero-order valence-corrected chi connectivity index (χ0v) is 15.0. The molecule has 8 heteroatoms. The van der Waals surface area contributed by atoms with Crippen LogP contribution >= 0.6 is 0 Å². The molecule has 0 atom stereocenters. The quantitative estimate of drug-likeness (QED) is 0.801. The molecule has 2 aliphatic rings. The fourth-order valence-electron chi connectivity index (χ4n) is 3.42. The number of nitrogens with one attached hydrogen (secondary N) is 1. The zero-order valence-electron chi connectivity index (χ0n) is 15.0. The summed E-state index contributed by atoms with van der Waals surface area (Å²) in [4.78, 5) is 34.1. The molecular formula is C19H20N4O4. The van der Waals surface area contributed by atoms with Gasteiger partial charge in [0.1, 0.15) is 17.7 Å². The van der Waals surface area contributed by atoms with Crippen LogP contribution in [0.4, 0.5) is 5.82 Å². The molecule has 140 valence electrons. The minimum absolute atomic E-state index is 0.0776. The first-order valence-electron chi connectivity index (χ1n) is 8.87. The van der Waals surface area contributed by atoms with Crippen molar-refractivity contribution < 1.29 is 19.1 Å². The second kappa shape index (κ2) is 7.22. The zero-order chi connectivity index (χ0) is 18.8. The molecule has 0 radical (unpaired) electrons. The molecule has 2 aromatic rings. The first-order valence-corrected chi connectivity index (χ1v) is 8.87. The number of carbonyl (C=O) groups is 2.